The first-order chi connectivity index (χ1) is 7.20. The summed E-state index contributed by atoms with van der Waals surface area (Å²) in [7, 11) is 0. The van der Waals surface area contributed by atoms with E-state index in [1.807, 2.05) is 0 Å². The van der Waals surface area contributed by atoms with Crippen LogP contribution in [0.5, 0.6) is 5.75 Å². The van der Waals surface area contributed by atoms with Crippen LogP contribution in [0.1, 0.15) is 16.1 Å². The highest BCUT2D eigenvalue weighted by atomic mass is 127. The van der Waals surface area contributed by atoms with E-state index in [4.69, 9.17) is 11.6 Å². The molecule has 1 aromatic heterocycles. The standard InChI is InChI=1S/C8H4ClF3INO2/c1-3-2-4(16-8(10,11)12)5(6(9)15)7(13)14-3/h2H,1H3. The van der Waals surface area contributed by atoms with Gasteiger partial charge in [0.1, 0.15) is 15.0 Å². The summed E-state index contributed by atoms with van der Waals surface area (Å²) in [4.78, 5) is 14.8. The second-order valence-electron chi connectivity index (χ2n) is 2.75. The Morgan fingerprint density at radius 2 is 2.12 bits per heavy atom. The Morgan fingerprint density at radius 1 is 1.56 bits per heavy atom. The molecule has 0 N–H and O–H groups in total. The van der Waals surface area contributed by atoms with Crippen LogP contribution in [0, 0.1) is 10.6 Å². The summed E-state index contributed by atoms with van der Waals surface area (Å²) in [6.07, 6.45) is -4.88. The van der Waals surface area contributed by atoms with Crippen LogP contribution in [0.15, 0.2) is 6.07 Å². The molecule has 0 fully saturated rings. The molecule has 3 nitrogen and oxygen atoms in total. The lowest BCUT2D eigenvalue weighted by Gasteiger charge is -2.12. The van der Waals surface area contributed by atoms with E-state index in [-0.39, 0.29) is 9.26 Å². The van der Waals surface area contributed by atoms with E-state index >= 15 is 0 Å². The Labute approximate surface area is 107 Å². The number of halogens is 5. The van der Waals surface area contributed by atoms with Crippen molar-refractivity contribution in [1.82, 2.24) is 4.98 Å². The Balaban J connectivity index is 3.30. The Kier molecular flexibility index (Phi) is 4.00. The predicted molar refractivity (Wildman–Crippen MR) is 58.6 cm³/mol. The highest BCUT2D eigenvalue weighted by Crippen LogP contribution is 2.30. The van der Waals surface area contributed by atoms with Crippen LogP contribution < -0.4 is 4.74 Å². The molecule has 0 spiro atoms. The fourth-order valence-electron chi connectivity index (χ4n) is 0.990. The monoisotopic (exact) mass is 365 g/mol. The highest BCUT2D eigenvalue weighted by Gasteiger charge is 2.33. The average molecular weight is 365 g/mol. The van der Waals surface area contributed by atoms with Crippen molar-refractivity contribution < 1.29 is 22.7 Å². The second kappa shape index (κ2) is 4.74. The van der Waals surface area contributed by atoms with Gasteiger partial charge in [-0.3, -0.25) is 4.79 Å². The summed E-state index contributed by atoms with van der Waals surface area (Å²) in [5, 5.41) is -1.05. The Morgan fingerprint density at radius 3 is 2.56 bits per heavy atom. The number of aryl methyl sites for hydroxylation is 1. The van der Waals surface area contributed by atoms with Crippen LogP contribution in [-0.2, 0) is 0 Å². The van der Waals surface area contributed by atoms with Crippen molar-refractivity contribution in [3.8, 4) is 5.75 Å². The van der Waals surface area contributed by atoms with Gasteiger partial charge in [0, 0.05) is 11.8 Å². The molecule has 16 heavy (non-hydrogen) atoms. The number of carbonyl (C=O) groups excluding carboxylic acids is 1. The maximum atomic E-state index is 12.0. The van der Waals surface area contributed by atoms with Gasteiger partial charge in [-0.15, -0.1) is 13.2 Å². The molecule has 1 aromatic rings. The summed E-state index contributed by atoms with van der Waals surface area (Å²) in [5.74, 6) is -0.635. The molecule has 0 aliphatic rings. The number of carbonyl (C=O) groups is 1. The first kappa shape index (κ1) is 13.5. The molecule has 0 radical (unpaired) electrons. The SMILES string of the molecule is Cc1cc(OC(F)(F)F)c(C(=O)Cl)c(I)n1. The van der Waals surface area contributed by atoms with Gasteiger partial charge in [0.25, 0.3) is 5.24 Å². The number of alkyl halides is 3. The number of nitrogens with zero attached hydrogens (tertiary/aromatic N) is 1. The molecule has 0 aliphatic heterocycles. The Bertz CT molecular complexity index is 436. The first-order valence-corrected chi connectivity index (χ1v) is 5.29. The van der Waals surface area contributed by atoms with Gasteiger partial charge in [-0.2, -0.15) is 0 Å². The minimum Gasteiger partial charge on any atom is -0.405 e. The zero-order chi connectivity index (χ0) is 12.5. The fraction of sp³-hybridized carbons (Fsp3) is 0.250. The van der Waals surface area contributed by atoms with Crippen molar-refractivity contribution >= 4 is 39.4 Å². The summed E-state index contributed by atoms with van der Waals surface area (Å²) >= 11 is 6.78. The quantitative estimate of drug-likeness (QED) is 0.459. The number of rotatable bonds is 2. The topological polar surface area (TPSA) is 39.2 Å². The van der Waals surface area contributed by atoms with E-state index < -0.39 is 17.4 Å². The molecule has 0 unspecified atom stereocenters. The molecule has 8 heteroatoms. The van der Waals surface area contributed by atoms with E-state index in [1.54, 1.807) is 22.6 Å². The van der Waals surface area contributed by atoms with Crippen molar-refractivity contribution in [3.63, 3.8) is 0 Å². The van der Waals surface area contributed by atoms with E-state index in [9.17, 15) is 18.0 Å². The number of aromatic nitrogens is 1. The lowest BCUT2D eigenvalue weighted by Crippen LogP contribution is -2.19. The average Bonchev–Trinajstić information content (AvgIpc) is 1.96. The molecule has 0 aromatic carbocycles. The van der Waals surface area contributed by atoms with Crippen molar-refractivity contribution in [3.05, 3.63) is 21.0 Å². The fourth-order valence-corrected chi connectivity index (χ4v) is 2.22. The zero-order valence-electron chi connectivity index (χ0n) is 7.73. The van der Waals surface area contributed by atoms with Crippen molar-refractivity contribution in [1.29, 1.82) is 0 Å². The molecule has 0 saturated carbocycles. The van der Waals surface area contributed by atoms with E-state index in [1.165, 1.54) is 6.92 Å². The van der Waals surface area contributed by atoms with Crippen molar-refractivity contribution in [2.24, 2.45) is 0 Å². The van der Waals surface area contributed by atoms with Crippen LogP contribution in [0.4, 0.5) is 13.2 Å². The van der Waals surface area contributed by atoms with Gasteiger partial charge in [0.15, 0.2) is 0 Å². The predicted octanol–water partition coefficient (Wildman–Crippen LogP) is 3.27. The maximum absolute atomic E-state index is 12.0. The van der Waals surface area contributed by atoms with Crippen molar-refractivity contribution in [2.45, 2.75) is 13.3 Å². The third kappa shape index (κ3) is 3.48. The first-order valence-electron chi connectivity index (χ1n) is 3.83. The third-order valence-electron chi connectivity index (χ3n) is 1.49. The molecule has 0 atom stereocenters. The Hall–Kier alpha value is -0.570. The summed E-state index contributed by atoms with van der Waals surface area (Å²) in [6, 6.07) is 1.01. The van der Waals surface area contributed by atoms with Gasteiger partial charge >= 0.3 is 6.36 Å². The van der Waals surface area contributed by atoms with Crippen LogP contribution in [-0.4, -0.2) is 16.6 Å². The second-order valence-corrected chi connectivity index (χ2v) is 4.11. The van der Waals surface area contributed by atoms with Crippen LogP contribution in [0.3, 0.4) is 0 Å². The lowest BCUT2D eigenvalue weighted by atomic mass is 10.2. The normalized spacial score (nSPS) is 11.4. The molecule has 88 valence electrons. The van der Waals surface area contributed by atoms with E-state index in [0.717, 1.165) is 6.07 Å². The number of pyridine rings is 1. The number of hydrogen-bond acceptors (Lipinski definition) is 3. The molecule has 0 bridgehead atoms. The minimum absolute atomic E-state index is 0.0665. The van der Waals surface area contributed by atoms with Crippen LogP contribution in [0.25, 0.3) is 0 Å². The van der Waals surface area contributed by atoms with Gasteiger partial charge < -0.3 is 4.74 Å². The van der Waals surface area contributed by atoms with Gasteiger partial charge in [0.05, 0.1) is 0 Å². The molecule has 1 heterocycles. The summed E-state index contributed by atoms with van der Waals surface area (Å²) in [5.41, 5.74) is -0.0875. The van der Waals surface area contributed by atoms with Gasteiger partial charge in [-0.1, -0.05) is 0 Å². The summed E-state index contributed by atoms with van der Waals surface area (Å²) < 4.78 is 39.9. The maximum Gasteiger partial charge on any atom is 0.573 e. The van der Waals surface area contributed by atoms with Gasteiger partial charge in [-0.25, -0.2) is 4.98 Å². The van der Waals surface area contributed by atoms with Gasteiger partial charge in [0.2, 0.25) is 0 Å². The third-order valence-corrected chi connectivity index (χ3v) is 2.46. The molecule has 1 rings (SSSR count). The van der Waals surface area contributed by atoms with Crippen LogP contribution in [0.2, 0.25) is 0 Å². The molecular formula is C8H4ClF3INO2. The molecule has 0 amide bonds. The largest absolute Gasteiger partial charge is 0.573 e. The van der Waals surface area contributed by atoms with E-state index in [2.05, 4.69) is 9.72 Å². The summed E-state index contributed by atoms with van der Waals surface area (Å²) in [6.45, 7) is 1.48. The molecule has 0 saturated heterocycles. The highest BCUT2D eigenvalue weighted by molar-refractivity contribution is 14.1. The number of ether oxygens (including phenoxy) is 1. The molecule has 0 aliphatic carbocycles. The number of hydrogen-bond donors (Lipinski definition) is 0. The molecular weight excluding hydrogens is 361 g/mol. The van der Waals surface area contributed by atoms with Crippen LogP contribution >= 0.6 is 34.2 Å². The van der Waals surface area contributed by atoms with Gasteiger partial charge in [-0.05, 0) is 41.1 Å². The zero-order valence-corrected chi connectivity index (χ0v) is 10.6. The minimum atomic E-state index is -4.88. The lowest BCUT2D eigenvalue weighted by molar-refractivity contribution is -0.274. The smallest absolute Gasteiger partial charge is 0.405 e. The van der Waals surface area contributed by atoms with E-state index in [0.29, 0.717) is 5.69 Å². The van der Waals surface area contributed by atoms with Crippen molar-refractivity contribution in [2.75, 3.05) is 0 Å².